The Hall–Kier alpha value is -3.01. The van der Waals surface area contributed by atoms with Crippen molar-refractivity contribution in [2.24, 2.45) is 17.3 Å². The Morgan fingerprint density at radius 2 is 2.04 bits per heavy atom. The Balaban J connectivity index is 1.51. The third-order valence-corrected chi connectivity index (χ3v) is 3.87. The molecule has 1 amide bonds. The minimum atomic E-state index is -0.367. The van der Waals surface area contributed by atoms with Crippen molar-refractivity contribution >= 4 is 5.91 Å². The first-order valence-electron chi connectivity index (χ1n) is 7.74. The number of carbonyl (C=O) groups excluding carboxylic acids is 1. The van der Waals surface area contributed by atoms with Crippen molar-refractivity contribution in [3.05, 3.63) is 36.2 Å². The Morgan fingerprint density at radius 3 is 2.62 bits per heavy atom. The quantitative estimate of drug-likeness (QED) is 0.793. The Kier molecular flexibility index (Phi) is 4.38. The summed E-state index contributed by atoms with van der Waals surface area (Å²) in [4.78, 5) is 16.4. The van der Waals surface area contributed by atoms with Gasteiger partial charge in [-0.1, -0.05) is 12.1 Å². The number of rotatable bonds is 7. The molecule has 0 fully saturated rings. The summed E-state index contributed by atoms with van der Waals surface area (Å²) < 4.78 is 1.64. The standard InChI is InChI=1S/C17H18N6O/c1-3-4-9-17(21-22-17)10-11-18-16(24)14-7-5-13(6-8-14)15-19-12-23(2)20-15/h1,5-8,12H,4,9-11H2,2H3,(H,18,24). The summed E-state index contributed by atoms with van der Waals surface area (Å²) in [5, 5.41) is 15.2. The molecule has 1 aromatic carbocycles. The second-order valence-corrected chi connectivity index (χ2v) is 5.71. The van der Waals surface area contributed by atoms with E-state index in [9.17, 15) is 4.79 Å². The van der Waals surface area contributed by atoms with Crippen molar-refractivity contribution < 1.29 is 4.79 Å². The normalized spacial score (nSPS) is 14.2. The number of aryl methyl sites for hydroxylation is 1. The molecule has 0 radical (unpaired) electrons. The average Bonchev–Trinajstić information content (AvgIpc) is 3.23. The van der Waals surface area contributed by atoms with E-state index < -0.39 is 0 Å². The lowest BCUT2D eigenvalue weighted by atomic mass is 10.0. The third-order valence-electron chi connectivity index (χ3n) is 3.87. The largest absolute Gasteiger partial charge is 0.352 e. The van der Waals surface area contributed by atoms with Gasteiger partial charge in [-0.3, -0.25) is 9.48 Å². The van der Waals surface area contributed by atoms with Gasteiger partial charge in [-0.2, -0.15) is 15.3 Å². The van der Waals surface area contributed by atoms with Crippen molar-refractivity contribution in [3.63, 3.8) is 0 Å². The molecule has 0 bridgehead atoms. The highest BCUT2D eigenvalue weighted by atomic mass is 16.1. The van der Waals surface area contributed by atoms with Crippen molar-refractivity contribution in [3.8, 4) is 23.7 Å². The maximum atomic E-state index is 12.2. The lowest BCUT2D eigenvalue weighted by Gasteiger charge is -2.10. The molecule has 24 heavy (non-hydrogen) atoms. The second-order valence-electron chi connectivity index (χ2n) is 5.71. The van der Waals surface area contributed by atoms with Crippen LogP contribution < -0.4 is 5.32 Å². The first kappa shape index (κ1) is 15.9. The van der Waals surface area contributed by atoms with Crippen molar-refractivity contribution in [1.29, 1.82) is 0 Å². The van der Waals surface area contributed by atoms with Gasteiger partial charge in [0, 0.05) is 44.0 Å². The van der Waals surface area contributed by atoms with Gasteiger partial charge in [0.25, 0.3) is 5.91 Å². The number of hydrogen-bond acceptors (Lipinski definition) is 5. The molecule has 1 aromatic heterocycles. The van der Waals surface area contributed by atoms with E-state index in [1.165, 1.54) is 0 Å². The number of benzene rings is 1. The van der Waals surface area contributed by atoms with Gasteiger partial charge in [0.1, 0.15) is 6.33 Å². The van der Waals surface area contributed by atoms with Gasteiger partial charge in [-0.25, -0.2) is 4.98 Å². The van der Waals surface area contributed by atoms with Gasteiger partial charge >= 0.3 is 0 Å². The molecular formula is C17H18N6O. The van der Waals surface area contributed by atoms with E-state index in [-0.39, 0.29) is 11.6 Å². The number of nitrogens with one attached hydrogen (secondary N) is 1. The van der Waals surface area contributed by atoms with Crippen LogP contribution in [0.4, 0.5) is 0 Å². The smallest absolute Gasteiger partial charge is 0.251 e. The fraction of sp³-hybridized carbons (Fsp3) is 0.353. The summed E-state index contributed by atoms with van der Waals surface area (Å²) in [6, 6.07) is 7.20. The highest BCUT2D eigenvalue weighted by molar-refractivity contribution is 5.94. The van der Waals surface area contributed by atoms with E-state index in [1.54, 1.807) is 23.1 Å². The maximum Gasteiger partial charge on any atom is 0.251 e. The summed E-state index contributed by atoms with van der Waals surface area (Å²) in [5.41, 5.74) is 1.10. The molecule has 0 atom stereocenters. The molecule has 122 valence electrons. The van der Waals surface area contributed by atoms with E-state index in [0.29, 0.717) is 30.8 Å². The molecule has 2 aromatic rings. The van der Waals surface area contributed by atoms with Crippen LogP contribution in [0.5, 0.6) is 0 Å². The average molecular weight is 322 g/mol. The number of nitrogens with zero attached hydrogens (tertiary/aromatic N) is 5. The Labute approximate surface area is 140 Å². The Morgan fingerprint density at radius 1 is 1.29 bits per heavy atom. The molecule has 0 saturated carbocycles. The molecule has 1 N–H and O–H groups in total. The molecule has 0 saturated heterocycles. The molecular weight excluding hydrogens is 304 g/mol. The molecule has 0 unspecified atom stereocenters. The number of amides is 1. The van der Waals surface area contributed by atoms with Gasteiger partial charge in [0.05, 0.1) is 0 Å². The van der Waals surface area contributed by atoms with Crippen LogP contribution in [-0.2, 0) is 7.05 Å². The van der Waals surface area contributed by atoms with Gasteiger partial charge in [-0.15, -0.1) is 12.3 Å². The van der Waals surface area contributed by atoms with Gasteiger partial charge in [0.2, 0.25) is 0 Å². The molecule has 7 nitrogen and oxygen atoms in total. The third kappa shape index (κ3) is 3.66. The van der Waals surface area contributed by atoms with Crippen LogP contribution in [0.25, 0.3) is 11.4 Å². The van der Waals surface area contributed by atoms with Crippen molar-refractivity contribution in [2.45, 2.75) is 24.9 Å². The van der Waals surface area contributed by atoms with Crippen LogP contribution in [-0.4, -0.2) is 32.9 Å². The number of terminal acetylenes is 1. The summed E-state index contributed by atoms with van der Waals surface area (Å²) in [7, 11) is 1.81. The van der Waals surface area contributed by atoms with Crippen LogP contribution in [0, 0.1) is 12.3 Å². The molecule has 7 heteroatoms. The first-order valence-corrected chi connectivity index (χ1v) is 7.74. The van der Waals surface area contributed by atoms with Crippen LogP contribution in [0.3, 0.4) is 0 Å². The molecule has 1 aliphatic rings. The van der Waals surface area contributed by atoms with Crippen LogP contribution in [0.15, 0.2) is 40.8 Å². The van der Waals surface area contributed by atoms with Crippen molar-refractivity contribution in [2.75, 3.05) is 6.54 Å². The fourth-order valence-electron chi connectivity index (χ4n) is 2.39. The molecule has 3 rings (SSSR count). The van der Waals surface area contributed by atoms with Crippen LogP contribution in [0.1, 0.15) is 29.6 Å². The molecule has 2 heterocycles. The van der Waals surface area contributed by atoms with E-state index >= 15 is 0 Å². The van der Waals surface area contributed by atoms with Gasteiger partial charge in [0.15, 0.2) is 11.5 Å². The number of hydrogen-bond donors (Lipinski definition) is 1. The minimum Gasteiger partial charge on any atom is -0.352 e. The SMILES string of the molecule is C#CCCC1(CCNC(=O)c2ccc(-c3ncn(C)n3)cc2)N=N1. The predicted octanol–water partition coefficient (Wildman–Crippen LogP) is 2.18. The second kappa shape index (κ2) is 6.62. The Bertz CT molecular complexity index is 793. The highest BCUT2D eigenvalue weighted by Gasteiger charge is 2.38. The maximum absolute atomic E-state index is 12.2. The van der Waals surface area contributed by atoms with Gasteiger partial charge in [-0.05, 0) is 12.1 Å². The molecule has 1 aliphatic heterocycles. The summed E-state index contributed by atoms with van der Waals surface area (Å²) in [5.74, 6) is 3.10. The van der Waals surface area contributed by atoms with E-state index in [2.05, 4.69) is 31.5 Å². The van der Waals surface area contributed by atoms with E-state index in [0.717, 1.165) is 12.0 Å². The molecule has 0 spiro atoms. The first-order chi connectivity index (χ1) is 11.6. The highest BCUT2D eigenvalue weighted by Crippen LogP contribution is 2.36. The number of carbonyl (C=O) groups is 1. The van der Waals surface area contributed by atoms with E-state index in [1.807, 2.05) is 19.2 Å². The van der Waals surface area contributed by atoms with Gasteiger partial charge < -0.3 is 5.32 Å². The van der Waals surface area contributed by atoms with Crippen molar-refractivity contribution in [1.82, 2.24) is 20.1 Å². The fourth-order valence-corrected chi connectivity index (χ4v) is 2.39. The predicted molar refractivity (Wildman–Crippen MR) is 89.0 cm³/mol. The zero-order valence-corrected chi connectivity index (χ0v) is 13.4. The number of aromatic nitrogens is 3. The lowest BCUT2D eigenvalue weighted by molar-refractivity contribution is 0.0952. The summed E-state index contributed by atoms with van der Waals surface area (Å²) in [6.45, 7) is 0.514. The summed E-state index contributed by atoms with van der Waals surface area (Å²) >= 11 is 0. The topological polar surface area (TPSA) is 84.5 Å². The lowest BCUT2D eigenvalue weighted by Crippen LogP contribution is -2.28. The monoisotopic (exact) mass is 322 g/mol. The summed E-state index contributed by atoms with van der Waals surface area (Å²) in [6.07, 6.45) is 8.96. The zero-order valence-electron chi connectivity index (χ0n) is 13.4. The zero-order chi connectivity index (χ0) is 17.0. The minimum absolute atomic E-state index is 0.122. The van der Waals surface area contributed by atoms with Crippen LogP contribution in [0.2, 0.25) is 0 Å². The van der Waals surface area contributed by atoms with Crippen LogP contribution >= 0.6 is 0 Å². The van der Waals surface area contributed by atoms with E-state index in [4.69, 9.17) is 6.42 Å². The molecule has 0 aliphatic carbocycles.